The van der Waals surface area contributed by atoms with Crippen LogP contribution in [0, 0.1) is 0 Å². The Kier molecular flexibility index (Phi) is 8.54. The number of hydrogen-bond donors (Lipinski definition) is 2. The Balaban J connectivity index is 2.28. The fourth-order valence-corrected chi connectivity index (χ4v) is 2.33. The van der Waals surface area contributed by atoms with E-state index in [0.29, 0.717) is 26.0 Å². The Bertz CT molecular complexity index is 508. The molecule has 22 heavy (non-hydrogen) atoms. The van der Waals surface area contributed by atoms with Crippen LogP contribution in [0.3, 0.4) is 0 Å². The second-order valence-electron chi connectivity index (χ2n) is 4.59. The number of carbonyl (C=O) groups excluding carboxylic acids is 2. The second kappa shape index (κ2) is 10.2. The van der Waals surface area contributed by atoms with Crippen LogP contribution >= 0.6 is 15.9 Å². The van der Waals surface area contributed by atoms with Gasteiger partial charge in [0.05, 0.1) is 24.7 Å². The highest BCUT2D eigenvalue weighted by Crippen LogP contribution is 2.25. The molecule has 0 heterocycles. The van der Waals surface area contributed by atoms with E-state index < -0.39 is 0 Å². The first-order chi connectivity index (χ1) is 10.6. The van der Waals surface area contributed by atoms with Crippen molar-refractivity contribution in [1.29, 1.82) is 0 Å². The summed E-state index contributed by atoms with van der Waals surface area (Å²) in [5.74, 6) is 0.368. The van der Waals surface area contributed by atoms with Crippen molar-refractivity contribution >= 4 is 27.7 Å². The first kappa shape index (κ1) is 18.4. The minimum atomic E-state index is -0.224. The molecule has 0 atom stereocenters. The predicted molar refractivity (Wildman–Crippen MR) is 86.9 cm³/mol. The van der Waals surface area contributed by atoms with Gasteiger partial charge in [0, 0.05) is 20.1 Å². The van der Waals surface area contributed by atoms with Crippen LogP contribution in [0.15, 0.2) is 22.7 Å². The predicted octanol–water partition coefficient (Wildman–Crippen LogP) is 1.27. The van der Waals surface area contributed by atoms with E-state index in [-0.39, 0.29) is 18.4 Å². The van der Waals surface area contributed by atoms with Crippen LogP contribution in [0.25, 0.3) is 0 Å². The number of aryl methyl sites for hydroxylation is 1. The molecule has 0 aliphatic rings. The molecule has 2 N–H and O–H groups in total. The van der Waals surface area contributed by atoms with Crippen molar-refractivity contribution in [3.8, 4) is 5.75 Å². The standard InChI is InChI=1S/C15H21BrN2O4/c1-21-8-7-17-15(20)10-18-14(19)6-4-11-3-5-13(22-2)12(16)9-11/h3,5,9H,4,6-8,10H2,1-2H3,(H,17,20)(H,18,19). The second-order valence-corrected chi connectivity index (χ2v) is 5.44. The van der Waals surface area contributed by atoms with Crippen molar-refractivity contribution in [2.24, 2.45) is 0 Å². The molecule has 122 valence electrons. The molecule has 1 rings (SSSR count). The van der Waals surface area contributed by atoms with E-state index >= 15 is 0 Å². The molecule has 2 amide bonds. The van der Waals surface area contributed by atoms with Gasteiger partial charge in [-0.15, -0.1) is 0 Å². The normalized spacial score (nSPS) is 10.1. The number of benzene rings is 1. The van der Waals surface area contributed by atoms with Crippen molar-refractivity contribution in [2.45, 2.75) is 12.8 Å². The van der Waals surface area contributed by atoms with Gasteiger partial charge < -0.3 is 20.1 Å². The molecule has 0 bridgehead atoms. The zero-order valence-corrected chi connectivity index (χ0v) is 14.4. The maximum atomic E-state index is 11.7. The summed E-state index contributed by atoms with van der Waals surface area (Å²) < 4.78 is 10.8. The monoisotopic (exact) mass is 372 g/mol. The number of ether oxygens (including phenoxy) is 2. The lowest BCUT2D eigenvalue weighted by Crippen LogP contribution is -2.38. The Hall–Kier alpha value is -1.60. The number of carbonyl (C=O) groups is 2. The molecule has 0 unspecified atom stereocenters. The topological polar surface area (TPSA) is 76.7 Å². The minimum Gasteiger partial charge on any atom is -0.496 e. The van der Waals surface area contributed by atoms with Crippen LogP contribution in [-0.2, 0) is 20.7 Å². The number of halogens is 1. The molecule has 0 saturated heterocycles. The zero-order valence-electron chi connectivity index (χ0n) is 12.8. The number of methoxy groups -OCH3 is 2. The van der Waals surface area contributed by atoms with Crippen molar-refractivity contribution in [3.05, 3.63) is 28.2 Å². The third-order valence-electron chi connectivity index (χ3n) is 2.93. The van der Waals surface area contributed by atoms with Crippen molar-refractivity contribution in [3.63, 3.8) is 0 Å². The lowest BCUT2D eigenvalue weighted by molar-refractivity contribution is -0.126. The number of nitrogens with one attached hydrogen (secondary N) is 2. The van der Waals surface area contributed by atoms with Gasteiger partial charge in [-0.1, -0.05) is 6.07 Å². The molecule has 0 spiro atoms. The van der Waals surface area contributed by atoms with Gasteiger partial charge in [-0.05, 0) is 40.0 Å². The number of amides is 2. The number of hydrogen-bond acceptors (Lipinski definition) is 4. The van der Waals surface area contributed by atoms with Gasteiger partial charge in [-0.2, -0.15) is 0 Å². The van der Waals surface area contributed by atoms with E-state index in [1.807, 2.05) is 18.2 Å². The van der Waals surface area contributed by atoms with E-state index in [1.165, 1.54) is 0 Å². The average Bonchev–Trinajstić information content (AvgIpc) is 2.51. The highest BCUT2D eigenvalue weighted by molar-refractivity contribution is 9.10. The quantitative estimate of drug-likeness (QED) is 0.640. The van der Waals surface area contributed by atoms with E-state index in [2.05, 4.69) is 26.6 Å². The lowest BCUT2D eigenvalue weighted by Gasteiger charge is -2.08. The van der Waals surface area contributed by atoms with Crippen LogP contribution in [-0.4, -0.2) is 45.7 Å². The highest BCUT2D eigenvalue weighted by atomic mass is 79.9. The summed E-state index contributed by atoms with van der Waals surface area (Å²) in [7, 11) is 3.16. The Morgan fingerprint density at radius 1 is 1.18 bits per heavy atom. The SMILES string of the molecule is COCCNC(=O)CNC(=O)CCc1ccc(OC)c(Br)c1. The molecular formula is C15H21BrN2O4. The van der Waals surface area contributed by atoms with Gasteiger partial charge in [-0.25, -0.2) is 0 Å². The van der Waals surface area contributed by atoms with E-state index in [0.717, 1.165) is 15.8 Å². The minimum absolute atomic E-state index is 0.0190. The fraction of sp³-hybridized carbons (Fsp3) is 0.467. The summed E-state index contributed by atoms with van der Waals surface area (Å²) in [6.07, 6.45) is 0.920. The zero-order chi connectivity index (χ0) is 16.4. The molecule has 0 radical (unpaired) electrons. The third-order valence-corrected chi connectivity index (χ3v) is 3.55. The Morgan fingerprint density at radius 2 is 1.95 bits per heavy atom. The summed E-state index contributed by atoms with van der Waals surface area (Å²) in [6.45, 7) is 0.867. The summed E-state index contributed by atoms with van der Waals surface area (Å²) in [5.41, 5.74) is 1.02. The van der Waals surface area contributed by atoms with Crippen molar-refractivity contribution in [1.82, 2.24) is 10.6 Å². The Labute approximate surface area is 138 Å². The smallest absolute Gasteiger partial charge is 0.239 e. The first-order valence-electron chi connectivity index (χ1n) is 6.91. The van der Waals surface area contributed by atoms with Gasteiger partial charge in [0.15, 0.2) is 0 Å². The molecule has 0 fully saturated rings. The maximum absolute atomic E-state index is 11.7. The van der Waals surface area contributed by atoms with E-state index in [4.69, 9.17) is 9.47 Å². The molecule has 1 aromatic rings. The third kappa shape index (κ3) is 6.91. The molecular weight excluding hydrogens is 352 g/mol. The van der Waals surface area contributed by atoms with E-state index in [9.17, 15) is 9.59 Å². The molecule has 0 aromatic heterocycles. The Morgan fingerprint density at radius 3 is 2.59 bits per heavy atom. The number of rotatable bonds is 9. The van der Waals surface area contributed by atoms with Gasteiger partial charge >= 0.3 is 0 Å². The van der Waals surface area contributed by atoms with E-state index in [1.54, 1.807) is 14.2 Å². The summed E-state index contributed by atoms with van der Waals surface area (Å²) in [4.78, 5) is 23.1. The van der Waals surface area contributed by atoms with Crippen molar-refractivity contribution in [2.75, 3.05) is 33.9 Å². The average molecular weight is 373 g/mol. The fourth-order valence-electron chi connectivity index (χ4n) is 1.75. The first-order valence-corrected chi connectivity index (χ1v) is 7.71. The summed E-state index contributed by atoms with van der Waals surface area (Å²) >= 11 is 3.41. The van der Waals surface area contributed by atoms with Crippen molar-refractivity contribution < 1.29 is 19.1 Å². The largest absolute Gasteiger partial charge is 0.496 e. The van der Waals surface area contributed by atoms with Gasteiger partial charge in [0.2, 0.25) is 11.8 Å². The molecule has 0 saturated carbocycles. The summed E-state index contributed by atoms with van der Waals surface area (Å²) in [6, 6.07) is 5.68. The van der Waals surface area contributed by atoms with Crippen LogP contribution in [0.1, 0.15) is 12.0 Å². The van der Waals surface area contributed by atoms with Gasteiger partial charge in [0.25, 0.3) is 0 Å². The molecule has 6 nitrogen and oxygen atoms in total. The van der Waals surface area contributed by atoms with Crippen LogP contribution in [0.4, 0.5) is 0 Å². The molecule has 7 heteroatoms. The highest BCUT2D eigenvalue weighted by Gasteiger charge is 2.07. The van der Waals surface area contributed by atoms with Crippen LogP contribution in [0.5, 0.6) is 5.75 Å². The van der Waals surface area contributed by atoms with Gasteiger partial charge in [-0.3, -0.25) is 9.59 Å². The summed E-state index contributed by atoms with van der Waals surface area (Å²) in [5, 5.41) is 5.22. The molecule has 1 aromatic carbocycles. The maximum Gasteiger partial charge on any atom is 0.239 e. The van der Waals surface area contributed by atoms with Crippen LogP contribution < -0.4 is 15.4 Å². The molecule has 0 aliphatic carbocycles. The molecule has 0 aliphatic heterocycles. The lowest BCUT2D eigenvalue weighted by atomic mass is 10.1. The van der Waals surface area contributed by atoms with Crippen LogP contribution in [0.2, 0.25) is 0 Å². The van der Waals surface area contributed by atoms with Gasteiger partial charge in [0.1, 0.15) is 5.75 Å².